The van der Waals surface area contributed by atoms with E-state index in [0.29, 0.717) is 13.0 Å². The first-order valence-corrected chi connectivity index (χ1v) is 6.41. The second-order valence-electron chi connectivity index (χ2n) is 3.36. The zero-order valence-corrected chi connectivity index (χ0v) is 10.2. The average Bonchev–Trinajstić information content (AvgIpc) is 2.28. The van der Waals surface area contributed by atoms with Gasteiger partial charge in [0.25, 0.3) is 0 Å². The minimum Gasteiger partial charge on any atom is -0.453 e. The van der Waals surface area contributed by atoms with Crippen molar-refractivity contribution in [1.82, 2.24) is 5.32 Å². The predicted molar refractivity (Wildman–Crippen MR) is 61.9 cm³/mol. The Hall–Kier alpha value is -1.60. The van der Waals surface area contributed by atoms with Crippen LogP contribution in [0.1, 0.15) is 5.56 Å². The number of alkyl carbamates (subject to hydrolysis) is 1. The molecule has 0 saturated heterocycles. The molecule has 0 aliphatic carbocycles. The maximum atomic E-state index is 11.0. The molecular weight excluding hydrogens is 244 g/mol. The molecule has 17 heavy (non-hydrogen) atoms. The summed E-state index contributed by atoms with van der Waals surface area (Å²) in [7, 11) is -2.36. The van der Waals surface area contributed by atoms with Gasteiger partial charge in [-0.2, -0.15) is 0 Å². The van der Waals surface area contributed by atoms with Crippen molar-refractivity contribution in [1.29, 1.82) is 0 Å². The number of hydrogen-bond acceptors (Lipinski definition) is 4. The summed E-state index contributed by atoms with van der Waals surface area (Å²) in [4.78, 5) is 10.8. The van der Waals surface area contributed by atoms with Gasteiger partial charge >= 0.3 is 6.09 Å². The van der Waals surface area contributed by atoms with E-state index in [1.54, 1.807) is 12.1 Å². The highest BCUT2D eigenvalue weighted by atomic mass is 32.2. The average molecular weight is 258 g/mol. The number of benzene rings is 1. The molecule has 0 bridgehead atoms. The Morgan fingerprint density at radius 3 is 2.41 bits per heavy atom. The number of nitrogens with two attached hydrogens (primary N) is 1. The number of primary sulfonamides is 1. The Morgan fingerprint density at radius 1 is 1.35 bits per heavy atom. The van der Waals surface area contributed by atoms with Gasteiger partial charge in [-0.25, -0.2) is 18.4 Å². The molecular formula is C10H14N2O4S. The molecule has 0 aliphatic heterocycles. The van der Waals surface area contributed by atoms with Crippen molar-refractivity contribution in [2.45, 2.75) is 11.3 Å². The SMILES string of the molecule is COC(=O)NCCc1ccc(S(N)(=O)=O)cc1. The van der Waals surface area contributed by atoms with Gasteiger partial charge in [0.05, 0.1) is 12.0 Å². The van der Waals surface area contributed by atoms with Crippen LogP contribution in [0, 0.1) is 0 Å². The molecule has 0 unspecified atom stereocenters. The number of sulfonamides is 1. The second kappa shape index (κ2) is 5.65. The zero-order valence-electron chi connectivity index (χ0n) is 9.34. The molecule has 3 N–H and O–H groups in total. The van der Waals surface area contributed by atoms with E-state index in [-0.39, 0.29) is 4.90 Å². The van der Waals surface area contributed by atoms with E-state index in [0.717, 1.165) is 5.56 Å². The van der Waals surface area contributed by atoms with Crippen LogP contribution >= 0.6 is 0 Å². The molecule has 7 heteroatoms. The Kier molecular flexibility index (Phi) is 4.47. The monoisotopic (exact) mass is 258 g/mol. The minimum atomic E-state index is -3.65. The summed E-state index contributed by atoms with van der Waals surface area (Å²) < 4.78 is 26.4. The fraction of sp³-hybridized carbons (Fsp3) is 0.300. The summed E-state index contributed by atoms with van der Waals surface area (Å²) >= 11 is 0. The minimum absolute atomic E-state index is 0.0715. The molecule has 1 amide bonds. The van der Waals surface area contributed by atoms with E-state index >= 15 is 0 Å². The molecule has 0 spiro atoms. The lowest BCUT2D eigenvalue weighted by Gasteiger charge is -2.04. The van der Waals surface area contributed by atoms with Gasteiger partial charge in [0, 0.05) is 6.54 Å². The number of nitrogens with one attached hydrogen (secondary N) is 1. The highest BCUT2D eigenvalue weighted by molar-refractivity contribution is 7.89. The van der Waals surface area contributed by atoms with Crippen molar-refractivity contribution in [3.63, 3.8) is 0 Å². The van der Waals surface area contributed by atoms with Crippen LogP contribution in [0.15, 0.2) is 29.2 Å². The predicted octanol–water partition coefficient (Wildman–Crippen LogP) is 0.232. The number of amides is 1. The first-order chi connectivity index (χ1) is 7.93. The quantitative estimate of drug-likeness (QED) is 0.807. The molecule has 0 heterocycles. The summed E-state index contributed by atoms with van der Waals surface area (Å²) in [5, 5.41) is 7.48. The Bertz CT molecular complexity index is 482. The summed E-state index contributed by atoms with van der Waals surface area (Å²) in [6, 6.07) is 6.17. The highest BCUT2D eigenvalue weighted by Crippen LogP contribution is 2.08. The number of methoxy groups -OCH3 is 1. The number of carbonyl (C=O) groups excluding carboxylic acids is 1. The maximum absolute atomic E-state index is 11.0. The fourth-order valence-electron chi connectivity index (χ4n) is 1.23. The van der Waals surface area contributed by atoms with E-state index in [1.165, 1.54) is 19.2 Å². The van der Waals surface area contributed by atoms with Crippen molar-refractivity contribution in [2.24, 2.45) is 5.14 Å². The van der Waals surface area contributed by atoms with Crippen LogP contribution in [0.4, 0.5) is 4.79 Å². The lowest BCUT2D eigenvalue weighted by molar-refractivity contribution is 0.171. The lowest BCUT2D eigenvalue weighted by Crippen LogP contribution is -2.25. The molecule has 6 nitrogen and oxygen atoms in total. The Balaban J connectivity index is 2.55. The van der Waals surface area contributed by atoms with E-state index in [9.17, 15) is 13.2 Å². The Morgan fingerprint density at radius 2 is 1.94 bits per heavy atom. The van der Waals surface area contributed by atoms with E-state index in [4.69, 9.17) is 5.14 Å². The molecule has 0 atom stereocenters. The third-order valence-electron chi connectivity index (χ3n) is 2.12. The molecule has 0 saturated carbocycles. The van der Waals surface area contributed by atoms with Gasteiger partial charge < -0.3 is 10.1 Å². The second-order valence-corrected chi connectivity index (χ2v) is 4.92. The smallest absolute Gasteiger partial charge is 0.406 e. The van der Waals surface area contributed by atoms with Crippen LogP contribution in [-0.4, -0.2) is 28.2 Å². The third kappa shape index (κ3) is 4.41. The maximum Gasteiger partial charge on any atom is 0.406 e. The van der Waals surface area contributed by atoms with Gasteiger partial charge in [-0.05, 0) is 24.1 Å². The number of hydrogen-bond donors (Lipinski definition) is 2. The summed E-state index contributed by atoms with van der Waals surface area (Å²) in [5.41, 5.74) is 0.897. The van der Waals surface area contributed by atoms with Gasteiger partial charge in [-0.15, -0.1) is 0 Å². The summed E-state index contributed by atoms with van der Waals surface area (Å²) in [6.45, 7) is 0.418. The molecule has 94 valence electrons. The topological polar surface area (TPSA) is 98.5 Å². The van der Waals surface area contributed by atoms with Crippen molar-refractivity contribution < 1.29 is 17.9 Å². The normalized spacial score (nSPS) is 10.9. The van der Waals surface area contributed by atoms with E-state index in [1.807, 2.05) is 0 Å². The van der Waals surface area contributed by atoms with Crippen LogP contribution in [0.5, 0.6) is 0 Å². The first kappa shape index (κ1) is 13.5. The molecule has 0 aromatic heterocycles. The van der Waals surface area contributed by atoms with Gasteiger partial charge in [0.15, 0.2) is 0 Å². The van der Waals surface area contributed by atoms with Crippen molar-refractivity contribution in [3.05, 3.63) is 29.8 Å². The standard InChI is InChI=1S/C10H14N2O4S/c1-16-10(13)12-7-6-8-2-4-9(5-3-8)17(11,14)15/h2-5H,6-7H2,1H3,(H,12,13)(H2,11,14,15). The van der Waals surface area contributed by atoms with Crippen LogP contribution in [0.25, 0.3) is 0 Å². The lowest BCUT2D eigenvalue weighted by atomic mass is 10.1. The van der Waals surface area contributed by atoms with Crippen LogP contribution in [0.2, 0.25) is 0 Å². The third-order valence-corrected chi connectivity index (χ3v) is 3.05. The van der Waals surface area contributed by atoms with Crippen LogP contribution in [-0.2, 0) is 21.2 Å². The molecule has 0 aliphatic rings. The van der Waals surface area contributed by atoms with Crippen molar-refractivity contribution in [2.75, 3.05) is 13.7 Å². The fourth-order valence-corrected chi connectivity index (χ4v) is 1.74. The first-order valence-electron chi connectivity index (χ1n) is 4.87. The van der Waals surface area contributed by atoms with Crippen molar-refractivity contribution >= 4 is 16.1 Å². The van der Waals surface area contributed by atoms with Gasteiger partial charge in [0.2, 0.25) is 10.0 Å². The van der Waals surface area contributed by atoms with E-state index in [2.05, 4.69) is 10.1 Å². The van der Waals surface area contributed by atoms with Gasteiger partial charge in [-0.3, -0.25) is 0 Å². The summed E-state index contributed by atoms with van der Waals surface area (Å²) in [5.74, 6) is 0. The molecule has 0 radical (unpaired) electrons. The number of carbonyl (C=O) groups is 1. The highest BCUT2D eigenvalue weighted by Gasteiger charge is 2.06. The number of ether oxygens (including phenoxy) is 1. The molecule has 1 rings (SSSR count). The van der Waals surface area contributed by atoms with Gasteiger partial charge in [0.1, 0.15) is 0 Å². The molecule has 1 aromatic rings. The van der Waals surface area contributed by atoms with Crippen LogP contribution < -0.4 is 10.5 Å². The van der Waals surface area contributed by atoms with Crippen molar-refractivity contribution in [3.8, 4) is 0 Å². The van der Waals surface area contributed by atoms with Crippen LogP contribution in [0.3, 0.4) is 0 Å². The summed E-state index contributed by atoms with van der Waals surface area (Å²) in [6.07, 6.45) is 0.0890. The zero-order chi connectivity index (χ0) is 12.9. The van der Waals surface area contributed by atoms with E-state index < -0.39 is 16.1 Å². The molecule has 0 fully saturated rings. The largest absolute Gasteiger partial charge is 0.453 e. The number of rotatable bonds is 4. The molecule has 1 aromatic carbocycles. The Labute approximate surface area is 99.8 Å². The van der Waals surface area contributed by atoms with Gasteiger partial charge in [-0.1, -0.05) is 12.1 Å².